The summed E-state index contributed by atoms with van der Waals surface area (Å²) in [7, 11) is 0. The van der Waals surface area contributed by atoms with Crippen LogP contribution in [0.1, 0.15) is 39.0 Å². The maximum Gasteiger partial charge on any atom is 0.311 e. The molecule has 1 N–H and O–H groups in total. The van der Waals surface area contributed by atoms with E-state index in [2.05, 4.69) is 0 Å². The first-order valence-electron chi connectivity index (χ1n) is 7.21. The van der Waals surface area contributed by atoms with Gasteiger partial charge >= 0.3 is 5.97 Å². The molecule has 2 amide bonds. The molecule has 2 rings (SSSR count). The van der Waals surface area contributed by atoms with Crippen molar-refractivity contribution < 1.29 is 19.5 Å². The summed E-state index contributed by atoms with van der Waals surface area (Å²) in [4.78, 5) is 38.5. The van der Waals surface area contributed by atoms with Gasteiger partial charge in [-0.05, 0) is 26.2 Å². The van der Waals surface area contributed by atoms with Crippen LogP contribution in [-0.2, 0) is 14.4 Å². The van der Waals surface area contributed by atoms with Gasteiger partial charge in [0.15, 0.2) is 0 Å². The number of carbonyl (C=O) groups excluding carboxylic acids is 2. The third-order valence-corrected chi connectivity index (χ3v) is 4.34. The zero-order valence-corrected chi connectivity index (χ0v) is 11.9. The van der Waals surface area contributed by atoms with Crippen molar-refractivity contribution >= 4 is 17.8 Å². The molecule has 0 bridgehead atoms. The van der Waals surface area contributed by atoms with Gasteiger partial charge in [-0.2, -0.15) is 0 Å². The van der Waals surface area contributed by atoms with Gasteiger partial charge in [-0.15, -0.1) is 0 Å². The predicted octanol–water partition coefficient (Wildman–Crippen LogP) is 0.712. The summed E-state index contributed by atoms with van der Waals surface area (Å²) in [5.41, 5.74) is -0.849. The first kappa shape index (κ1) is 14.8. The van der Waals surface area contributed by atoms with Crippen LogP contribution in [0.2, 0.25) is 0 Å². The van der Waals surface area contributed by atoms with Crippen LogP contribution in [-0.4, -0.2) is 58.9 Å². The molecule has 20 heavy (non-hydrogen) atoms. The van der Waals surface area contributed by atoms with Gasteiger partial charge < -0.3 is 14.9 Å². The minimum atomic E-state index is -0.862. The third kappa shape index (κ3) is 3.11. The number of carboxylic acids is 1. The average molecular weight is 282 g/mol. The van der Waals surface area contributed by atoms with Gasteiger partial charge in [-0.25, -0.2) is 0 Å². The van der Waals surface area contributed by atoms with E-state index in [1.807, 2.05) is 0 Å². The topological polar surface area (TPSA) is 77.9 Å². The molecular weight excluding hydrogens is 260 g/mol. The van der Waals surface area contributed by atoms with Crippen molar-refractivity contribution in [2.24, 2.45) is 5.41 Å². The Labute approximate surface area is 118 Å². The van der Waals surface area contributed by atoms with Crippen molar-refractivity contribution in [3.05, 3.63) is 0 Å². The normalized spacial score (nSPS) is 27.6. The van der Waals surface area contributed by atoms with Crippen molar-refractivity contribution in [2.45, 2.75) is 39.0 Å². The first-order chi connectivity index (χ1) is 9.42. The summed E-state index contributed by atoms with van der Waals surface area (Å²) in [5.74, 6) is -0.958. The van der Waals surface area contributed by atoms with Crippen molar-refractivity contribution in [3.63, 3.8) is 0 Å². The lowest BCUT2D eigenvalue weighted by Gasteiger charge is -2.25. The maximum atomic E-state index is 12.2. The lowest BCUT2D eigenvalue weighted by Crippen LogP contribution is -2.43. The molecule has 112 valence electrons. The fourth-order valence-electron chi connectivity index (χ4n) is 2.82. The molecule has 0 aliphatic carbocycles. The number of amides is 2. The van der Waals surface area contributed by atoms with Crippen LogP contribution in [0.5, 0.6) is 0 Å². The van der Waals surface area contributed by atoms with Gasteiger partial charge in [0.05, 0.1) is 12.0 Å². The smallest absolute Gasteiger partial charge is 0.311 e. The van der Waals surface area contributed by atoms with E-state index in [1.54, 1.807) is 16.7 Å². The van der Waals surface area contributed by atoms with Crippen LogP contribution in [0, 0.1) is 5.41 Å². The van der Waals surface area contributed by atoms with E-state index < -0.39 is 11.4 Å². The van der Waals surface area contributed by atoms with Crippen LogP contribution in [0.15, 0.2) is 0 Å². The molecule has 0 aromatic rings. The van der Waals surface area contributed by atoms with Crippen molar-refractivity contribution in [1.29, 1.82) is 0 Å². The predicted molar refractivity (Wildman–Crippen MR) is 72.0 cm³/mol. The average Bonchev–Trinajstić information content (AvgIpc) is 2.70. The monoisotopic (exact) mass is 282 g/mol. The molecule has 0 aromatic carbocycles. The van der Waals surface area contributed by atoms with Crippen LogP contribution >= 0.6 is 0 Å². The molecule has 2 aliphatic rings. The summed E-state index contributed by atoms with van der Waals surface area (Å²) in [6.07, 6.45) is 3.84. The SMILES string of the molecule is CC1(C(=O)O)CCN(C(=O)CN2CCCCCC2=O)C1. The van der Waals surface area contributed by atoms with E-state index in [9.17, 15) is 19.5 Å². The molecule has 2 fully saturated rings. The Kier molecular flexibility index (Phi) is 4.30. The Balaban J connectivity index is 1.92. The number of aliphatic carboxylic acids is 1. The van der Waals surface area contributed by atoms with E-state index >= 15 is 0 Å². The summed E-state index contributed by atoms with van der Waals surface area (Å²) in [6, 6.07) is 0. The highest BCUT2D eigenvalue weighted by molar-refractivity contribution is 5.86. The van der Waals surface area contributed by atoms with Crippen LogP contribution < -0.4 is 0 Å². The number of hydrogen-bond acceptors (Lipinski definition) is 3. The Hall–Kier alpha value is -1.59. The van der Waals surface area contributed by atoms with Crippen molar-refractivity contribution in [3.8, 4) is 0 Å². The number of likely N-dealkylation sites (tertiary alicyclic amines) is 2. The van der Waals surface area contributed by atoms with E-state index in [0.29, 0.717) is 25.9 Å². The highest BCUT2D eigenvalue weighted by atomic mass is 16.4. The third-order valence-electron chi connectivity index (χ3n) is 4.34. The summed E-state index contributed by atoms with van der Waals surface area (Å²) in [5, 5.41) is 9.17. The van der Waals surface area contributed by atoms with E-state index in [-0.39, 0.29) is 24.9 Å². The summed E-state index contributed by atoms with van der Waals surface area (Å²) in [6.45, 7) is 3.09. The fourth-order valence-corrected chi connectivity index (χ4v) is 2.82. The molecule has 6 nitrogen and oxygen atoms in total. The van der Waals surface area contributed by atoms with Crippen LogP contribution in [0.3, 0.4) is 0 Å². The Bertz CT molecular complexity index is 423. The molecule has 0 radical (unpaired) electrons. The van der Waals surface area contributed by atoms with Gasteiger partial charge in [-0.1, -0.05) is 6.42 Å². The second kappa shape index (κ2) is 5.81. The number of nitrogens with zero attached hydrogens (tertiary/aromatic N) is 2. The van der Waals surface area contributed by atoms with Gasteiger partial charge in [0.25, 0.3) is 0 Å². The minimum absolute atomic E-state index is 0.0380. The van der Waals surface area contributed by atoms with Gasteiger partial charge in [0, 0.05) is 26.1 Å². The highest BCUT2D eigenvalue weighted by Gasteiger charge is 2.42. The standard InChI is InChI=1S/C14H22N2O4/c1-14(13(19)20)6-8-16(10-14)12(18)9-15-7-4-2-3-5-11(15)17/h2-10H2,1H3,(H,19,20). The molecule has 2 saturated heterocycles. The lowest BCUT2D eigenvalue weighted by molar-refractivity contribution is -0.148. The van der Waals surface area contributed by atoms with Gasteiger partial charge in [-0.3, -0.25) is 14.4 Å². The quantitative estimate of drug-likeness (QED) is 0.827. The number of carboxylic acid groups (broad SMARTS) is 1. The molecule has 0 aromatic heterocycles. The molecule has 2 heterocycles. The van der Waals surface area contributed by atoms with E-state index in [4.69, 9.17) is 0 Å². The second-order valence-corrected chi connectivity index (χ2v) is 6.06. The van der Waals surface area contributed by atoms with E-state index in [0.717, 1.165) is 19.3 Å². The number of hydrogen-bond donors (Lipinski definition) is 1. The summed E-state index contributed by atoms with van der Waals surface area (Å²) < 4.78 is 0. The van der Waals surface area contributed by atoms with Gasteiger partial charge in [0.1, 0.15) is 0 Å². The molecule has 0 saturated carbocycles. The molecule has 2 aliphatic heterocycles. The number of rotatable bonds is 3. The Morgan fingerprint density at radius 2 is 2.00 bits per heavy atom. The zero-order chi connectivity index (χ0) is 14.8. The Morgan fingerprint density at radius 1 is 1.25 bits per heavy atom. The fraction of sp³-hybridized carbons (Fsp3) is 0.786. The van der Waals surface area contributed by atoms with Crippen LogP contribution in [0.25, 0.3) is 0 Å². The zero-order valence-electron chi connectivity index (χ0n) is 11.9. The molecule has 6 heteroatoms. The van der Waals surface area contributed by atoms with Crippen LogP contribution in [0.4, 0.5) is 0 Å². The second-order valence-electron chi connectivity index (χ2n) is 6.06. The van der Waals surface area contributed by atoms with Gasteiger partial charge in [0.2, 0.25) is 11.8 Å². The van der Waals surface area contributed by atoms with Crippen molar-refractivity contribution in [2.75, 3.05) is 26.2 Å². The maximum absolute atomic E-state index is 12.2. The molecule has 1 atom stereocenters. The highest BCUT2D eigenvalue weighted by Crippen LogP contribution is 2.30. The Morgan fingerprint density at radius 3 is 2.65 bits per heavy atom. The minimum Gasteiger partial charge on any atom is -0.481 e. The molecular formula is C14H22N2O4. The largest absolute Gasteiger partial charge is 0.481 e. The lowest BCUT2D eigenvalue weighted by atomic mass is 9.90. The van der Waals surface area contributed by atoms with Crippen molar-refractivity contribution in [1.82, 2.24) is 9.80 Å². The first-order valence-corrected chi connectivity index (χ1v) is 7.21. The summed E-state index contributed by atoms with van der Waals surface area (Å²) >= 11 is 0. The van der Waals surface area contributed by atoms with E-state index in [1.165, 1.54) is 0 Å². The molecule has 0 spiro atoms. The number of carbonyl (C=O) groups is 3. The molecule has 1 unspecified atom stereocenters.